The third kappa shape index (κ3) is 2.32. The van der Waals surface area contributed by atoms with Crippen LogP contribution >= 0.6 is 0 Å². The van der Waals surface area contributed by atoms with Crippen LogP contribution in [0.2, 0.25) is 0 Å². The molecule has 0 aromatic carbocycles. The Kier molecular flexibility index (Phi) is 3.26. The van der Waals surface area contributed by atoms with Gasteiger partial charge in [0.15, 0.2) is 0 Å². The second-order valence-electron chi connectivity index (χ2n) is 4.73. The fourth-order valence-electron chi connectivity index (χ4n) is 2.84. The van der Waals surface area contributed by atoms with Crippen molar-refractivity contribution in [3.63, 3.8) is 0 Å². The van der Waals surface area contributed by atoms with Crippen LogP contribution in [0.3, 0.4) is 0 Å². The lowest BCUT2D eigenvalue weighted by molar-refractivity contribution is -0.145. The first kappa shape index (κ1) is 10.9. The van der Waals surface area contributed by atoms with Crippen molar-refractivity contribution in [1.82, 2.24) is 10.6 Å². The molecular weight excluding hydrogens is 192 g/mol. The monoisotopic (exact) mass is 212 g/mol. The molecule has 4 nitrogen and oxygen atoms in total. The standard InChI is InChI=1S/C11H20N2O2/c1-15-10(14)9-8-11(4-7-13-9)2-5-12-6-3-11/h9,12-13H,2-8H2,1H3. The Morgan fingerprint density at radius 3 is 2.60 bits per heavy atom. The number of hydrogen-bond donors (Lipinski definition) is 2. The van der Waals surface area contributed by atoms with Gasteiger partial charge in [-0.2, -0.15) is 0 Å². The van der Waals surface area contributed by atoms with Gasteiger partial charge in [-0.1, -0.05) is 0 Å². The number of hydrogen-bond acceptors (Lipinski definition) is 4. The molecule has 2 rings (SSSR count). The van der Waals surface area contributed by atoms with Crippen molar-refractivity contribution in [3.05, 3.63) is 0 Å². The molecule has 2 heterocycles. The number of carbonyl (C=O) groups is 1. The van der Waals surface area contributed by atoms with E-state index >= 15 is 0 Å². The van der Waals surface area contributed by atoms with Crippen LogP contribution in [-0.4, -0.2) is 38.8 Å². The Morgan fingerprint density at radius 1 is 1.27 bits per heavy atom. The van der Waals surface area contributed by atoms with Crippen molar-refractivity contribution >= 4 is 5.97 Å². The van der Waals surface area contributed by atoms with Crippen LogP contribution in [0.15, 0.2) is 0 Å². The minimum absolute atomic E-state index is 0.0816. The molecule has 0 saturated carbocycles. The highest BCUT2D eigenvalue weighted by atomic mass is 16.5. The van der Waals surface area contributed by atoms with Crippen LogP contribution in [0.5, 0.6) is 0 Å². The second-order valence-corrected chi connectivity index (χ2v) is 4.73. The molecule has 86 valence electrons. The van der Waals surface area contributed by atoms with Crippen molar-refractivity contribution in [2.24, 2.45) is 5.41 Å². The summed E-state index contributed by atoms with van der Waals surface area (Å²) in [5, 5.41) is 6.62. The Labute approximate surface area is 90.8 Å². The minimum atomic E-state index is -0.104. The van der Waals surface area contributed by atoms with Crippen LogP contribution in [0, 0.1) is 5.41 Å². The summed E-state index contributed by atoms with van der Waals surface area (Å²) < 4.78 is 4.81. The van der Waals surface area contributed by atoms with Gasteiger partial charge in [0.05, 0.1) is 7.11 Å². The van der Waals surface area contributed by atoms with Crippen LogP contribution in [0.25, 0.3) is 0 Å². The summed E-state index contributed by atoms with van der Waals surface area (Å²) in [6, 6.07) is -0.0816. The van der Waals surface area contributed by atoms with Gasteiger partial charge >= 0.3 is 5.97 Å². The summed E-state index contributed by atoms with van der Waals surface area (Å²) in [5.74, 6) is -0.104. The Morgan fingerprint density at radius 2 is 1.93 bits per heavy atom. The molecule has 0 amide bonds. The quantitative estimate of drug-likeness (QED) is 0.613. The maximum absolute atomic E-state index is 11.5. The molecule has 0 radical (unpaired) electrons. The fraction of sp³-hybridized carbons (Fsp3) is 0.909. The van der Waals surface area contributed by atoms with Gasteiger partial charge in [-0.15, -0.1) is 0 Å². The molecule has 1 unspecified atom stereocenters. The smallest absolute Gasteiger partial charge is 0.322 e. The van der Waals surface area contributed by atoms with Crippen LogP contribution in [0.1, 0.15) is 25.7 Å². The predicted molar refractivity (Wildman–Crippen MR) is 57.6 cm³/mol. The highest BCUT2D eigenvalue weighted by Crippen LogP contribution is 2.39. The molecule has 2 aliphatic heterocycles. The number of rotatable bonds is 1. The third-order valence-corrected chi connectivity index (χ3v) is 3.83. The number of nitrogens with one attached hydrogen (secondary N) is 2. The average molecular weight is 212 g/mol. The zero-order chi connectivity index (χ0) is 10.7. The van der Waals surface area contributed by atoms with E-state index in [1.807, 2.05) is 0 Å². The third-order valence-electron chi connectivity index (χ3n) is 3.83. The molecular formula is C11H20N2O2. The summed E-state index contributed by atoms with van der Waals surface area (Å²) in [6.07, 6.45) is 4.54. The first-order valence-corrected chi connectivity index (χ1v) is 5.78. The van der Waals surface area contributed by atoms with E-state index in [-0.39, 0.29) is 12.0 Å². The molecule has 4 heteroatoms. The number of esters is 1. The highest BCUT2D eigenvalue weighted by Gasteiger charge is 2.39. The number of piperidine rings is 2. The molecule has 2 N–H and O–H groups in total. The maximum atomic E-state index is 11.5. The van der Waals surface area contributed by atoms with Gasteiger partial charge in [0.2, 0.25) is 0 Å². The van der Waals surface area contributed by atoms with E-state index in [1.54, 1.807) is 0 Å². The molecule has 2 saturated heterocycles. The molecule has 1 spiro atoms. The Balaban J connectivity index is 1.99. The fourth-order valence-corrected chi connectivity index (χ4v) is 2.84. The first-order chi connectivity index (χ1) is 7.26. The predicted octanol–water partition coefficient (Wildman–Crippen LogP) is 0.281. The number of methoxy groups -OCH3 is 1. The van der Waals surface area contributed by atoms with Crippen LogP contribution in [0.4, 0.5) is 0 Å². The number of carbonyl (C=O) groups excluding carboxylic acids is 1. The molecule has 0 aromatic heterocycles. The van der Waals surface area contributed by atoms with Gasteiger partial charge in [0, 0.05) is 0 Å². The average Bonchev–Trinajstić information content (AvgIpc) is 2.29. The van der Waals surface area contributed by atoms with Crippen LogP contribution < -0.4 is 10.6 Å². The summed E-state index contributed by atoms with van der Waals surface area (Å²) in [5.41, 5.74) is 0.384. The topological polar surface area (TPSA) is 50.4 Å². The van der Waals surface area contributed by atoms with Gasteiger partial charge in [-0.05, 0) is 50.7 Å². The van der Waals surface area contributed by atoms with E-state index in [9.17, 15) is 4.79 Å². The van der Waals surface area contributed by atoms with E-state index < -0.39 is 0 Å². The lowest BCUT2D eigenvalue weighted by atomic mass is 9.70. The normalized spacial score (nSPS) is 30.1. The van der Waals surface area contributed by atoms with E-state index in [0.29, 0.717) is 5.41 Å². The molecule has 2 aliphatic rings. The van der Waals surface area contributed by atoms with Gasteiger partial charge in [-0.3, -0.25) is 4.79 Å². The largest absolute Gasteiger partial charge is 0.468 e. The van der Waals surface area contributed by atoms with Gasteiger partial charge < -0.3 is 15.4 Å². The maximum Gasteiger partial charge on any atom is 0.322 e. The zero-order valence-corrected chi connectivity index (χ0v) is 9.34. The zero-order valence-electron chi connectivity index (χ0n) is 9.34. The molecule has 1 atom stereocenters. The molecule has 15 heavy (non-hydrogen) atoms. The number of ether oxygens (including phenoxy) is 1. The van der Waals surface area contributed by atoms with Crippen LogP contribution in [-0.2, 0) is 9.53 Å². The van der Waals surface area contributed by atoms with Crippen molar-refractivity contribution in [2.75, 3.05) is 26.7 Å². The Bertz CT molecular complexity index is 231. The second kappa shape index (κ2) is 4.49. The van der Waals surface area contributed by atoms with Crippen molar-refractivity contribution < 1.29 is 9.53 Å². The van der Waals surface area contributed by atoms with Gasteiger partial charge in [0.25, 0.3) is 0 Å². The van der Waals surface area contributed by atoms with E-state index in [1.165, 1.54) is 26.4 Å². The van der Waals surface area contributed by atoms with Crippen molar-refractivity contribution in [1.29, 1.82) is 0 Å². The van der Waals surface area contributed by atoms with Crippen molar-refractivity contribution in [2.45, 2.75) is 31.7 Å². The summed E-state index contributed by atoms with van der Waals surface area (Å²) in [4.78, 5) is 11.5. The summed E-state index contributed by atoms with van der Waals surface area (Å²) >= 11 is 0. The van der Waals surface area contributed by atoms with E-state index in [4.69, 9.17) is 4.74 Å². The molecule has 0 bridgehead atoms. The van der Waals surface area contributed by atoms with Crippen molar-refractivity contribution in [3.8, 4) is 0 Å². The lowest BCUT2D eigenvalue weighted by Gasteiger charge is -2.43. The first-order valence-electron chi connectivity index (χ1n) is 5.78. The van der Waals surface area contributed by atoms with E-state index in [0.717, 1.165) is 26.1 Å². The Hall–Kier alpha value is -0.610. The van der Waals surface area contributed by atoms with E-state index in [2.05, 4.69) is 10.6 Å². The SMILES string of the molecule is COC(=O)C1CC2(CCNCC2)CCN1. The minimum Gasteiger partial charge on any atom is -0.468 e. The molecule has 2 fully saturated rings. The molecule has 0 aliphatic carbocycles. The lowest BCUT2D eigenvalue weighted by Crippen LogP contribution is -2.51. The van der Waals surface area contributed by atoms with Gasteiger partial charge in [-0.25, -0.2) is 0 Å². The highest BCUT2D eigenvalue weighted by molar-refractivity contribution is 5.75. The van der Waals surface area contributed by atoms with Gasteiger partial charge in [0.1, 0.15) is 6.04 Å². The summed E-state index contributed by atoms with van der Waals surface area (Å²) in [6.45, 7) is 3.13. The molecule has 0 aromatic rings. The summed E-state index contributed by atoms with van der Waals surface area (Å²) in [7, 11) is 1.47.